The van der Waals surface area contributed by atoms with E-state index in [1.807, 2.05) is 31.2 Å². The summed E-state index contributed by atoms with van der Waals surface area (Å²) in [5, 5.41) is 9.85. The molecule has 1 saturated heterocycles. The molecule has 0 radical (unpaired) electrons. The lowest BCUT2D eigenvalue weighted by atomic mass is 10.1. The number of hydrogen-bond donors (Lipinski definition) is 2. The van der Waals surface area contributed by atoms with Crippen LogP contribution in [0, 0.1) is 0 Å². The summed E-state index contributed by atoms with van der Waals surface area (Å²) in [5.74, 6) is 0.486. The van der Waals surface area contributed by atoms with Crippen LogP contribution in [0.4, 0.5) is 9.59 Å². The molecule has 0 aliphatic carbocycles. The largest absolute Gasteiger partial charge is 0.494 e. The van der Waals surface area contributed by atoms with Crippen LogP contribution in [0.5, 0.6) is 5.75 Å². The maximum absolute atomic E-state index is 12.2. The van der Waals surface area contributed by atoms with Gasteiger partial charge in [-0.25, -0.2) is 4.79 Å². The summed E-state index contributed by atoms with van der Waals surface area (Å²) in [4.78, 5) is 35.6. The number of rotatable bonds is 7. The minimum Gasteiger partial charge on any atom is -0.494 e. The Kier molecular flexibility index (Phi) is 5.86. The molecule has 0 spiro atoms. The first-order valence-corrected chi connectivity index (χ1v) is 8.09. The highest BCUT2D eigenvalue weighted by molar-refractivity contribution is 8.15. The second-order valence-corrected chi connectivity index (χ2v) is 6.03. The van der Waals surface area contributed by atoms with Crippen LogP contribution in [0.25, 0.3) is 0 Å². The molecule has 7 nitrogen and oxygen atoms in total. The predicted molar refractivity (Wildman–Crippen MR) is 85.8 cm³/mol. The van der Waals surface area contributed by atoms with E-state index >= 15 is 0 Å². The topological polar surface area (TPSA) is 95.9 Å². The van der Waals surface area contributed by atoms with E-state index in [0.717, 1.165) is 28.0 Å². The van der Waals surface area contributed by atoms with E-state index in [1.54, 1.807) is 0 Å². The fourth-order valence-corrected chi connectivity index (χ4v) is 3.26. The lowest BCUT2D eigenvalue weighted by Crippen LogP contribution is -2.38. The molecule has 2 rings (SSSR count). The van der Waals surface area contributed by atoms with Crippen LogP contribution >= 0.6 is 11.8 Å². The Morgan fingerprint density at radius 3 is 2.65 bits per heavy atom. The summed E-state index contributed by atoms with van der Waals surface area (Å²) in [7, 11) is 0. The minimum absolute atomic E-state index is 0.0309. The van der Waals surface area contributed by atoms with Crippen LogP contribution in [-0.2, 0) is 11.2 Å². The summed E-state index contributed by atoms with van der Waals surface area (Å²) in [6.07, 6.45) is -0.729. The first-order chi connectivity index (χ1) is 11.0. The number of nitrogens with zero attached hydrogens (tertiary/aromatic N) is 1. The Bertz CT molecular complexity index is 590. The summed E-state index contributed by atoms with van der Waals surface area (Å²) in [6, 6.07) is 7.41. The molecule has 1 fully saturated rings. The summed E-state index contributed by atoms with van der Waals surface area (Å²) in [6.45, 7) is 2.57. The van der Waals surface area contributed by atoms with Gasteiger partial charge in [-0.15, -0.1) is 0 Å². The van der Waals surface area contributed by atoms with Gasteiger partial charge in [0.1, 0.15) is 5.75 Å². The lowest BCUT2D eigenvalue weighted by molar-refractivity contribution is -0.126. The highest BCUT2D eigenvalue weighted by Gasteiger charge is 2.39. The van der Waals surface area contributed by atoms with Gasteiger partial charge in [-0.2, -0.15) is 0 Å². The second-order valence-electron chi connectivity index (χ2n) is 4.88. The molecule has 3 amide bonds. The van der Waals surface area contributed by atoms with Gasteiger partial charge >= 0.3 is 6.09 Å². The van der Waals surface area contributed by atoms with E-state index in [9.17, 15) is 14.4 Å². The Morgan fingerprint density at radius 1 is 1.35 bits per heavy atom. The molecule has 0 saturated carbocycles. The first-order valence-electron chi connectivity index (χ1n) is 7.21. The van der Waals surface area contributed by atoms with Crippen LogP contribution < -0.4 is 10.1 Å². The highest BCUT2D eigenvalue weighted by Crippen LogP contribution is 2.29. The van der Waals surface area contributed by atoms with Crippen LogP contribution in [-0.4, -0.2) is 52.2 Å². The van der Waals surface area contributed by atoms with E-state index in [2.05, 4.69) is 5.32 Å². The van der Waals surface area contributed by atoms with Crippen molar-refractivity contribution in [3.05, 3.63) is 29.8 Å². The van der Waals surface area contributed by atoms with Crippen molar-refractivity contribution in [2.75, 3.05) is 19.7 Å². The number of benzene rings is 1. The molecular weight excluding hydrogens is 320 g/mol. The van der Waals surface area contributed by atoms with Crippen LogP contribution in [0.1, 0.15) is 12.5 Å². The Balaban J connectivity index is 1.92. The van der Waals surface area contributed by atoms with Crippen molar-refractivity contribution in [3.63, 3.8) is 0 Å². The van der Waals surface area contributed by atoms with E-state index in [-0.39, 0.29) is 24.2 Å². The van der Waals surface area contributed by atoms with Crippen molar-refractivity contribution >= 4 is 29.0 Å². The third-order valence-electron chi connectivity index (χ3n) is 3.27. The monoisotopic (exact) mass is 338 g/mol. The predicted octanol–water partition coefficient (Wildman–Crippen LogP) is 1.96. The zero-order chi connectivity index (χ0) is 16.8. The minimum atomic E-state index is -1.18. The molecule has 1 aliphatic rings. The van der Waals surface area contributed by atoms with Gasteiger partial charge in [-0.05, 0) is 31.0 Å². The number of hydrogen-bond acceptors (Lipinski definition) is 5. The summed E-state index contributed by atoms with van der Waals surface area (Å²) >= 11 is 0.981. The molecule has 1 aliphatic heterocycles. The van der Waals surface area contributed by atoms with Crippen molar-refractivity contribution in [2.24, 2.45) is 0 Å². The van der Waals surface area contributed by atoms with Crippen molar-refractivity contribution in [1.82, 2.24) is 10.2 Å². The highest BCUT2D eigenvalue weighted by atomic mass is 32.2. The quantitative estimate of drug-likeness (QED) is 0.789. The molecule has 1 aromatic carbocycles. The number of carbonyl (C=O) groups excluding carboxylic acids is 2. The SMILES string of the molecule is CCOc1ccc(CC2SC(=O)N(CCNC(=O)O)C2=O)cc1. The standard InChI is InChI=1S/C15H18N2O5S/c1-2-22-11-5-3-10(4-6-11)9-12-13(18)17(15(21)23-12)8-7-16-14(19)20/h3-6,12,16H,2,7-9H2,1H3,(H,19,20). The molecular formula is C15H18N2O5S. The van der Waals surface area contributed by atoms with Crippen LogP contribution in [0.2, 0.25) is 0 Å². The molecule has 1 atom stereocenters. The third-order valence-corrected chi connectivity index (χ3v) is 4.35. The Morgan fingerprint density at radius 2 is 2.04 bits per heavy atom. The van der Waals surface area contributed by atoms with Gasteiger partial charge < -0.3 is 15.2 Å². The van der Waals surface area contributed by atoms with Gasteiger partial charge in [0.2, 0.25) is 5.91 Å². The van der Waals surface area contributed by atoms with Crippen molar-refractivity contribution < 1.29 is 24.2 Å². The van der Waals surface area contributed by atoms with Crippen molar-refractivity contribution in [3.8, 4) is 5.75 Å². The van der Waals surface area contributed by atoms with Crippen LogP contribution in [0.15, 0.2) is 24.3 Å². The number of imide groups is 1. The molecule has 1 aromatic rings. The zero-order valence-corrected chi connectivity index (χ0v) is 13.5. The number of carbonyl (C=O) groups is 3. The number of ether oxygens (including phenoxy) is 1. The number of nitrogens with one attached hydrogen (secondary N) is 1. The maximum atomic E-state index is 12.2. The van der Waals surface area contributed by atoms with Gasteiger partial charge in [0, 0.05) is 13.1 Å². The second kappa shape index (κ2) is 7.87. The number of thioether (sulfide) groups is 1. The lowest BCUT2D eigenvalue weighted by Gasteiger charge is -2.13. The molecule has 8 heteroatoms. The molecule has 1 unspecified atom stereocenters. The van der Waals surface area contributed by atoms with Gasteiger partial charge in [-0.1, -0.05) is 23.9 Å². The van der Waals surface area contributed by atoms with Gasteiger partial charge in [-0.3, -0.25) is 14.5 Å². The van der Waals surface area contributed by atoms with E-state index < -0.39 is 11.3 Å². The van der Waals surface area contributed by atoms with Crippen molar-refractivity contribution in [2.45, 2.75) is 18.6 Å². The molecule has 1 heterocycles. The van der Waals surface area contributed by atoms with Crippen molar-refractivity contribution in [1.29, 1.82) is 0 Å². The maximum Gasteiger partial charge on any atom is 0.404 e. The molecule has 124 valence electrons. The summed E-state index contributed by atoms with van der Waals surface area (Å²) < 4.78 is 5.36. The summed E-state index contributed by atoms with van der Waals surface area (Å²) in [5.41, 5.74) is 0.942. The first kappa shape index (κ1) is 17.1. The van der Waals surface area contributed by atoms with Gasteiger partial charge in [0.15, 0.2) is 0 Å². The Hall–Kier alpha value is -2.22. The van der Waals surface area contributed by atoms with Crippen LogP contribution in [0.3, 0.4) is 0 Å². The number of amides is 3. The number of carboxylic acid groups (broad SMARTS) is 1. The zero-order valence-electron chi connectivity index (χ0n) is 12.7. The van der Waals surface area contributed by atoms with Gasteiger partial charge in [0.05, 0.1) is 11.9 Å². The van der Waals surface area contributed by atoms with Gasteiger partial charge in [0.25, 0.3) is 5.24 Å². The smallest absolute Gasteiger partial charge is 0.404 e. The third kappa shape index (κ3) is 4.62. The van der Waals surface area contributed by atoms with E-state index in [1.165, 1.54) is 0 Å². The van der Waals surface area contributed by atoms with E-state index in [4.69, 9.17) is 9.84 Å². The molecule has 2 N–H and O–H groups in total. The average Bonchev–Trinajstić information content (AvgIpc) is 2.76. The molecule has 23 heavy (non-hydrogen) atoms. The molecule has 0 bridgehead atoms. The fraction of sp³-hybridized carbons (Fsp3) is 0.400. The van der Waals surface area contributed by atoms with E-state index in [0.29, 0.717) is 13.0 Å². The fourth-order valence-electron chi connectivity index (χ4n) is 2.21. The normalized spacial score (nSPS) is 17.4. The average molecular weight is 338 g/mol. The Labute approximate surface area is 138 Å². The molecule has 0 aromatic heterocycles.